The summed E-state index contributed by atoms with van der Waals surface area (Å²) in [6.07, 6.45) is 2.50. The van der Waals surface area contributed by atoms with Gasteiger partial charge in [0.25, 0.3) is 0 Å². The Morgan fingerprint density at radius 1 is 1.22 bits per heavy atom. The molecule has 1 aliphatic rings. The van der Waals surface area contributed by atoms with Gasteiger partial charge in [0.2, 0.25) is 11.9 Å². The molecule has 1 amide bonds. The summed E-state index contributed by atoms with van der Waals surface area (Å²) in [5.41, 5.74) is 2.33. The van der Waals surface area contributed by atoms with E-state index >= 15 is 0 Å². The van der Waals surface area contributed by atoms with Gasteiger partial charge in [0.1, 0.15) is 11.7 Å². The molecule has 1 aromatic carbocycles. The second-order valence-electron chi connectivity index (χ2n) is 8.28. The van der Waals surface area contributed by atoms with Crippen molar-refractivity contribution in [3.8, 4) is 5.75 Å². The van der Waals surface area contributed by atoms with Crippen molar-refractivity contribution in [2.75, 3.05) is 29.2 Å². The number of aryl methyl sites for hydroxylation is 1. The number of rotatable bonds is 8. The van der Waals surface area contributed by atoms with E-state index in [1.165, 1.54) is 19.2 Å². The number of fused-ring (bicyclic) bond motifs is 1. The Morgan fingerprint density at radius 2 is 1.89 bits per heavy atom. The number of amides is 1. The molecule has 3 heterocycles. The third-order valence-corrected chi connectivity index (χ3v) is 5.74. The summed E-state index contributed by atoms with van der Waals surface area (Å²) in [6.45, 7) is 6.23. The van der Waals surface area contributed by atoms with Crippen LogP contribution in [0.5, 0.6) is 5.75 Å². The van der Waals surface area contributed by atoms with E-state index in [1.54, 1.807) is 35.8 Å². The zero-order valence-electron chi connectivity index (χ0n) is 20.8. The van der Waals surface area contributed by atoms with Gasteiger partial charge in [-0.25, -0.2) is 13.8 Å². The van der Waals surface area contributed by atoms with Crippen LogP contribution in [-0.2, 0) is 17.9 Å². The quantitative estimate of drug-likeness (QED) is 0.389. The third kappa shape index (κ3) is 6.25. The largest absolute Gasteiger partial charge is 0.491 e. The molecule has 4 rings (SSSR count). The molecule has 37 heavy (non-hydrogen) atoms. The van der Waals surface area contributed by atoms with Crippen LogP contribution in [0.4, 0.5) is 26.2 Å². The van der Waals surface area contributed by atoms with Crippen molar-refractivity contribution in [2.45, 2.75) is 46.0 Å². The molecule has 0 spiro atoms. The molecule has 0 bridgehead atoms. The first-order valence-electron chi connectivity index (χ1n) is 11.1. The molecular weight excluding hydrogens is 524 g/mol. The number of nitrogens with zero attached hydrogens (tertiary/aromatic N) is 5. The van der Waals surface area contributed by atoms with E-state index < -0.39 is 29.5 Å². The molecule has 2 atom stereocenters. The number of ether oxygens (including phenoxy) is 1. The van der Waals surface area contributed by atoms with E-state index in [1.807, 2.05) is 6.92 Å². The minimum absolute atomic E-state index is 0. The van der Waals surface area contributed by atoms with E-state index in [2.05, 4.69) is 25.7 Å². The number of halogens is 2. The van der Waals surface area contributed by atoms with Crippen molar-refractivity contribution < 1.29 is 23.4 Å². The van der Waals surface area contributed by atoms with E-state index in [0.717, 1.165) is 5.56 Å². The van der Waals surface area contributed by atoms with Crippen molar-refractivity contribution in [3.05, 3.63) is 53.0 Å². The average molecular weight is 556 g/mol. The molecule has 202 valence electrons. The summed E-state index contributed by atoms with van der Waals surface area (Å²) < 4.78 is 34.2. The molecule has 0 aliphatic carbocycles. The van der Waals surface area contributed by atoms with Crippen molar-refractivity contribution in [1.82, 2.24) is 19.7 Å². The average Bonchev–Trinajstić information content (AvgIpc) is 3.24. The number of carbonyl (C=O) groups is 1. The van der Waals surface area contributed by atoms with Crippen molar-refractivity contribution >= 4 is 50.4 Å². The maximum Gasteiger partial charge on any atom is 0.249 e. The Kier molecular flexibility index (Phi) is 10.1. The van der Waals surface area contributed by atoms with E-state index in [4.69, 9.17) is 4.74 Å². The van der Waals surface area contributed by atoms with Crippen LogP contribution < -0.4 is 20.3 Å². The summed E-state index contributed by atoms with van der Waals surface area (Å²) in [6, 6.07) is 1.68. The lowest BCUT2D eigenvalue weighted by Crippen LogP contribution is -2.54. The summed E-state index contributed by atoms with van der Waals surface area (Å²) in [7, 11) is 1.21. The second-order valence-corrected chi connectivity index (χ2v) is 8.28. The van der Waals surface area contributed by atoms with Crippen molar-refractivity contribution in [3.63, 3.8) is 0 Å². The fraction of sp³-hybridized carbons (Fsp3) is 0.391. The Hall–Kier alpha value is -3.10. The summed E-state index contributed by atoms with van der Waals surface area (Å²) in [5, 5.41) is 20.3. The molecule has 14 heteroatoms. The molecule has 3 N–H and O–H groups in total. The Labute approximate surface area is 227 Å². The first-order chi connectivity index (χ1) is 16.7. The van der Waals surface area contributed by atoms with Gasteiger partial charge in [0.15, 0.2) is 23.2 Å². The van der Waals surface area contributed by atoms with Gasteiger partial charge in [0, 0.05) is 24.8 Å². The smallest absolute Gasteiger partial charge is 0.249 e. The van der Waals surface area contributed by atoms with Crippen LogP contribution in [0, 0.1) is 18.6 Å². The molecule has 0 saturated heterocycles. The number of aliphatic hydroxyl groups is 1. The van der Waals surface area contributed by atoms with Crippen LogP contribution in [0.1, 0.15) is 30.7 Å². The number of hydrogen-bond acceptors (Lipinski definition) is 8. The molecule has 0 radical (unpaired) electrons. The summed E-state index contributed by atoms with van der Waals surface area (Å²) in [4.78, 5) is 23.2. The third-order valence-electron chi connectivity index (χ3n) is 5.74. The van der Waals surface area contributed by atoms with Gasteiger partial charge in [-0.1, -0.05) is 0 Å². The van der Waals surface area contributed by atoms with Gasteiger partial charge in [0.05, 0.1) is 31.6 Å². The van der Waals surface area contributed by atoms with E-state index in [0.29, 0.717) is 41.8 Å². The predicted molar refractivity (Wildman–Crippen MR) is 146 cm³/mol. The molecule has 0 fully saturated rings. The highest BCUT2D eigenvalue weighted by atomic mass is 32.1. The normalized spacial score (nSPS) is 15.2. The lowest BCUT2D eigenvalue weighted by atomic mass is 10.1. The first-order valence-corrected chi connectivity index (χ1v) is 11.1. The molecule has 0 saturated carbocycles. The van der Waals surface area contributed by atoms with Crippen LogP contribution in [0.3, 0.4) is 0 Å². The summed E-state index contributed by atoms with van der Waals surface area (Å²) in [5.74, 6) is -1.37. The zero-order valence-corrected chi connectivity index (χ0v) is 22.8. The fourth-order valence-corrected chi connectivity index (χ4v) is 4.14. The predicted octanol–water partition coefficient (Wildman–Crippen LogP) is 2.68. The van der Waals surface area contributed by atoms with Crippen molar-refractivity contribution in [2.24, 2.45) is 0 Å². The highest BCUT2D eigenvalue weighted by Gasteiger charge is 2.37. The highest BCUT2D eigenvalue weighted by molar-refractivity contribution is 7.59. The topological polar surface area (TPSA) is 117 Å². The van der Waals surface area contributed by atoms with Gasteiger partial charge in [-0.3, -0.25) is 9.48 Å². The van der Waals surface area contributed by atoms with Crippen LogP contribution in [-0.4, -0.2) is 56.6 Å². The Balaban J connectivity index is 0.00000241. The molecule has 10 nitrogen and oxygen atoms in total. The molecule has 0 unspecified atom stereocenters. The standard InChI is InChI=1S/C23H27F2N7O3.2H2S/c1-5-32-19(13(3)33)22(34)29-18-12(2)28-23(30-21(18)32)26-8-15-9-27-31(11-15)10-14-6-16(24)20(35-4)17(25)7-14;;/h6-7,9,11,13,19,33H,5,8,10H2,1-4H3,(H,29,34)(H,26,28,30);2*1H2/t13-,19-;;/m0../s1. The van der Waals surface area contributed by atoms with Gasteiger partial charge >= 0.3 is 0 Å². The lowest BCUT2D eigenvalue weighted by Gasteiger charge is -2.38. The van der Waals surface area contributed by atoms with Gasteiger partial charge in [-0.05, 0) is 38.5 Å². The number of likely N-dealkylation sites (N-methyl/N-ethyl adjacent to an activating group) is 1. The molecule has 1 aliphatic heterocycles. The number of aliphatic hydroxyl groups excluding tert-OH is 1. The number of aromatic nitrogens is 4. The zero-order chi connectivity index (χ0) is 25.3. The Morgan fingerprint density at radius 3 is 2.49 bits per heavy atom. The maximum atomic E-state index is 14.0. The van der Waals surface area contributed by atoms with Crippen LogP contribution >= 0.6 is 27.0 Å². The summed E-state index contributed by atoms with van der Waals surface area (Å²) >= 11 is 0. The number of nitrogens with one attached hydrogen (secondary N) is 2. The molecule has 3 aromatic rings. The number of anilines is 3. The maximum absolute atomic E-state index is 14.0. The lowest BCUT2D eigenvalue weighted by molar-refractivity contribution is -0.119. The second kappa shape index (κ2) is 12.4. The number of hydrogen-bond donors (Lipinski definition) is 3. The highest BCUT2D eigenvalue weighted by Crippen LogP contribution is 2.34. The Bertz CT molecular complexity index is 1240. The number of benzene rings is 1. The fourth-order valence-electron chi connectivity index (χ4n) is 4.14. The van der Waals surface area contributed by atoms with E-state index in [-0.39, 0.29) is 39.4 Å². The van der Waals surface area contributed by atoms with Crippen LogP contribution in [0.25, 0.3) is 0 Å². The van der Waals surface area contributed by atoms with Crippen molar-refractivity contribution in [1.29, 1.82) is 0 Å². The number of carbonyl (C=O) groups excluding carboxylic acids is 1. The molecule has 2 aromatic heterocycles. The van der Waals surface area contributed by atoms with Gasteiger partial charge in [-0.15, -0.1) is 0 Å². The monoisotopic (exact) mass is 555 g/mol. The minimum atomic E-state index is -0.881. The van der Waals surface area contributed by atoms with Crippen LogP contribution in [0.2, 0.25) is 0 Å². The SMILES string of the molecule is CCN1c2nc(NCc3cnn(Cc4cc(F)c(OC)c(F)c4)c3)nc(C)c2NC(=O)[C@@H]1[C@H](C)O.S.S. The van der Waals surface area contributed by atoms with Gasteiger partial charge < -0.3 is 25.4 Å². The van der Waals surface area contributed by atoms with E-state index in [9.17, 15) is 18.7 Å². The van der Waals surface area contributed by atoms with Gasteiger partial charge in [-0.2, -0.15) is 37.1 Å². The molecular formula is C23H31F2N7O3S2. The number of methoxy groups -OCH3 is 1. The minimum Gasteiger partial charge on any atom is -0.491 e. The first kappa shape index (κ1) is 30.1. The van der Waals surface area contributed by atoms with Crippen LogP contribution in [0.15, 0.2) is 24.5 Å².